The first-order valence-electron chi connectivity index (χ1n) is 8.63. The Bertz CT molecular complexity index is 1030. The quantitative estimate of drug-likeness (QED) is 0.760. The molecular formula is C20H16F5N3O2. The molecule has 1 amide bonds. The van der Waals surface area contributed by atoms with E-state index in [2.05, 4.69) is 4.99 Å². The van der Waals surface area contributed by atoms with Crippen molar-refractivity contribution in [3.63, 3.8) is 0 Å². The molecule has 0 spiro atoms. The lowest BCUT2D eigenvalue weighted by atomic mass is 10.0. The fraction of sp³-hybridized carbons (Fsp3) is 0.200. The summed E-state index contributed by atoms with van der Waals surface area (Å²) in [6.07, 6.45) is -4.63. The molecule has 0 radical (unpaired) electrons. The number of hydrogen-bond donors (Lipinski definition) is 1. The SMILES string of the molecule is CN=C1C(=O)N(c2ccc(F)cc2)CC1=C(N)c1ccc(F)cc1OCC(F)(F)F. The summed E-state index contributed by atoms with van der Waals surface area (Å²) in [5.41, 5.74) is 6.68. The molecule has 3 rings (SSSR count). The van der Waals surface area contributed by atoms with Gasteiger partial charge in [-0.15, -0.1) is 0 Å². The molecule has 5 nitrogen and oxygen atoms in total. The summed E-state index contributed by atoms with van der Waals surface area (Å²) in [7, 11) is 1.36. The number of ether oxygens (including phenoxy) is 1. The Morgan fingerprint density at radius 1 is 1.13 bits per heavy atom. The lowest BCUT2D eigenvalue weighted by molar-refractivity contribution is -0.153. The van der Waals surface area contributed by atoms with Gasteiger partial charge in [0.25, 0.3) is 5.91 Å². The van der Waals surface area contributed by atoms with Crippen LogP contribution in [-0.2, 0) is 4.79 Å². The Hall–Kier alpha value is -3.43. The molecule has 2 aromatic carbocycles. The van der Waals surface area contributed by atoms with E-state index in [4.69, 9.17) is 10.5 Å². The molecule has 0 aromatic heterocycles. The molecule has 30 heavy (non-hydrogen) atoms. The van der Waals surface area contributed by atoms with E-state index in [-0.39, 0.29) is 29.1 Å². The van der Waals surface area contributed by atoms with Crippen molar-refractivity contribution in [3.8, 4) is 5.75 Å². The number of alkyl halides is 3. The van der Waals surface area contributed by atoms with E-state index in [1.165, 1.54) is 42.3 Å². The number of rotatable bonds is 4. The van der Waals surface area contributed by atoms with Crippen LogP contribution in [0.4, 0.5) is 27.6 Å². The highest BCUT2D eigenvalue weighted by Gasteiger charge is 2.35. The Labute approximate surface area is 168 Å². The number of nitrogens with two attached hydrogens (primary N) is 1. The van der Waals surface area contributed by atoms with Gasteiger partial charge in [0.2, 0.25) is 0 Å². The van der Waals surface area contributed by atoms with Gasteiger partial charge in [-0.1, -0.05) is 0 Å². The van der Waals surface area contributed by atoms with Gasteiger partial charge in [-0.3, -0.25) is 9.79 Å². The smallest absolute Gasteiger partial charge is 0.422 e. The zero-order chi connectivity index (χ0) is 22.1. The van der Waals surface area contributed by atoms with Crippen LogP contribution >= 0.6 is 0 Å². The van der Waals surface area contributed by atoms with Gasteiger partial charge in [0, 0.05) is 35.6 Å². The first-order chi connectivity index (χ1) is 14.1. The van der Waals surface area contributed by atoms with Crippen LogP contribution in [-0.4, -0.2) is 38.0 Å². The van der Waals surface area contributed by atoms with Crippen LogP contribution in [0.15, 0.2) is 53.0 Å². The highest BCUT2D eigenvalue weighted by Crippen LogP contribution is 2.32. The van der Waals surface area contributed by atoms with Crippen LogP contribution in [0.25, 0.3) is 5.70 Å². The van der Waals surface area contributed by atoms with Crippen molar-refractivity contribution in [2.75, 3.05) is 25.1 Å². The van der Waals surface area contributed by atoms with E-state index in [0.717, 1.165) is 12.1 Å². The number of carbonyl (C=O) groups is 1. The second-order valence-corrected chi connectivity index (χ2v) is 6.38. The number of hydrogen-bond acceptors (Lipinski definition) is 4. The molecule has 1 aliphatic heterocycles. The molecule has 1 heterocycles. The minimum Gasteiger partial charge on any atom is -0.483 e. The number of benzene rings is 2. The zero-order valence-corrected chi connectivity index (χ0v) is 15.6. The molecule has 2 N–H and O–H groups in total. The van der Waals surface area contributed by atoms with Crippen molar-refractivity contribution in [3.05, 3.63) is 65.2 Å². The van der Waals surface area contributed by atoms with E-state index >= 15 is 0 Å². The highest BCUT2D eigenvalue weighted by atomic mass is 19.4. The minimum absolute atomic E-state index is 0.00874. The first kappa shape index (κ1) is 21.3. The van der Waals surface area contributed by atoms with Crippen molar-refractivity contribution < 1.29 is 31.5 Å². The van der Waals surface area contributed by atoms with Crippen molar-refractivity contribution in [1.82, 2.24) is 0 Å². The molecule has 1 fully saturated rings. The number of halogens is 5. The number of aliphatic imine (C=N–C) groups is 1. The van der Waals surface area contributed by atoms with E-state index < -0.39 is 36.1 Å². The Kier molecular flexibility index (Phi) is 5.77. The topological polar surface area (TPSA) is 67.9 Å². The maximum atomic E-state index is 13.6. The van der Waals surface area contributed by atoms with Gasteiger partial charge in [-0.25, -0.2) is 8.78 Å². The third-order valence-electron chi connectivity index (χ3n) is 4.36. The lowest BCUT2D eigenvalue weighted by Crippen LogP contribution is -2.26. The standard InChI is InChI=1S/C20H16F5N3O2/c1-27-18-15(9-28(19(18)29)13-5-2-11(21)3-6-13)17(26)14-7-4-12(22)8-16(14)30-10-20(23,24)25/h2-8H,9-10,26H2,1H3. The molecule has 0 aliphatic carbocycles. The van der Waals surface area contributed by atoms with Gasteiger partial charge < -0.3 is 15.4 Å². The van der Waals surface area contributed by atoms with Crippen LogP contribution in [0.3, 0.4) is 0 Å². The van der Waals surface area contributed by atoms with Crippen LogP contribution in [0.2, 0.25) is 0 Å². The molecule has 1 aliphatic rings. The van der Waals surface area contributed by atoms with Crippen molar-refractivity contribution in [2.45, 2.75) is 6.18 Å². The molecule has 0 unspecified atom stereocenters. The van der Waals surface area contributed by atoms with Gasteiger partial charge in [0.1, 0.15) is 23.1 Å². The fourth-order valence-electron chi connectivity index (χ4n) is 2.99. The van der Waals surface area contributed by atoms with Gasteiger partial charge in [-0.05, 0) is 36.4 Å². The molecule has 158 valence electrons. The monoisotopic (exact) mass is 425 g/mol. The molecule has 0 bridgehead atoms. The van der Waals surface area contributed by atoms with E-state index in [1.807, 2.05) is 0 Å². The summed E-state index contributed by atoms with van der Waals surface area (Å²) in [5, 5.41) is 0. The van der Waals surface area contributed by atoms with Crippen LogP contribution in [0.1, 0.15) is 5.56 Å². The summed E-state index contributed by atoms with van der Waals surface area (Å²) in [5.74, 6) is -2.22. The second-order valence-electron chi connectivity index (χ2n) is 6.38. The molecule has 0 atom stereocenters. The van der Waals surface area contributed by atoms with E-state index in [9.17, 15) is 26.7 Å². The molecular weight excluding hydrogens is 409 g/mol. The predicted octanol–water partition coefficient (Wildman–Crippen LogP) is 3.69. The summed E-state index contributed by atoms with van der Waals surface area (Å²) in [6.45, 7) is -1.69. The predicted molar refractivity (Wildman–Crippen MR) is 101 cm³/mol. The molecule has 10 heteroatoms. The summed E-state index contributed by atoms with van der Waals surface area (Å²) < 4.78 is 69.2. The minimum atomic E-state index is -4.63. The van der Waals surface area contributed by atoms with Crippen molar-refractivity contribution in [1.29, 1.82) is 0 Å². The fourth-order valence-corrected chi connectivity index (χ4v) is 2.99. The van der Waals surface area contributed by atoms with Gasteiger partial charge in [0.05, 0.1) is 6.54 Å². The summed E-state index contributed by atoms with van der Waals surface area (Å²) in [6, 6.07) is 8.12. The normalized spacial score (nSPS) is 17.6. The van der Waals surface area contributed by atoms with Crippen molar-refractivity contribution >= 4 is 23.0 Å². The summed E-state index contributed by atoms with van der Waals surface area (Å²) in [4.78, 5) is 18.0. The molecule has 1 saturated heterocycles. The first-order valence-corrected chi connectivity index (χ1v) is 8.63. The van der Waals surface area contributed by atoms with Gasteiger partial charge >= 0.3 is 6.18 Å². The van der Waals surface area contributed by atoms with Gasteiger partial charge in [-0.2, -0.15) is 13.2 Å². The maximum absolute atomic E-state index is 13.6. The van der Waals surface area contributed by atoms with Crippen molar-refractivity contribution in [2.24, 2.45) is 10.7 Å². The Morgan fingerprint density at radius 2 is 1.77 bits per heavy atom. The third-order valence-corrected chi connectivity index (χ3v) is 4.36. The van der Waals surface area contributed by atoms with E-state index in [0.29, 0.717) is 5.69 Å². The Balaban J connectivity index is 2.03. The highest BCUT2D eigenvalue weighted by molar-refractivity contribution is 6.53. The average molecular weight is 425 g/mol. The maximum Gasteiger partial charge on any atom is 0.422 e. The zero-order valence-electron chi connectivity index (χ0n) is 15.6. The average Bonchev–Trinajstić information content (AvgIpc) is 3.02. The largest absolute Gasteiger partial charge is 0.483 e. The van der Waals surface area contributed by atoms with Gasteiger partial charge in [0.15, 0.2) is 6.61 Å². The number of nitrogens with zero attached hydrogens (tertiary/aromatic N) is 2. The number of amides is 1. The van der Waals surface area contributed by atoms with Crippen LogP contribution in [0.5, 0.6) is 5.75 Å². The van der Waals surface area contributed by atoms with Crippen LogP contribution < -0.4 is 15.4 Å². The van der Waals surface area contributed by atoms with E-state index in [1.54, 1.807) is 0 Å². The number of anilines is 1. The Morgan fingerprint density at radius 3 is 2.37 bits per heavy atom. The molecule has 0 saturated carbocycles. The summed E-state index contributed by atoms with van der Waals surface area (Å²) >= 11 is 0. The van der Waals surface area contributed by atoms with Crippen LogP contribution in [0, 0.1) is 11.6 Å². The second kappa shape index (κ2) is 8.13. The number of carbonyl (C=O) groups excluding carboxylic acids is 1. The third kappa shape index (κ3) is 4.42. The molecule has 2 aromatic rings. The lowest BCUT2D eigenvalue weighted by Gasteiger charge is -2.16.